The summed E-state index contributed by atoms with van der Waals surface area (Å²) in [6.45, 7) is 0. The lowest BCUT2D eigenvalue weighted by Crippen LogP contribution is -2.20. The van der Waals surface area contributed by atoms with Crippen molar-refractivity contribution in [2.75, 3.05) is 7.05 Å². The highest BCUT2D eigenvalue weighted by Crippen LogP contribution is 2.40. The fourth-order valence-electron chi connectivity index (χ4n) is 3.30. The fourth-order valence-corrected chi connectivity index (χ4v) is 3.82. The van der Waals surface area contributed by atoms with Gasteiger partial charge in [0.2, 0.25) is 15.9 Å². The summed E-state index contributed by atoms with van der Waals surface area (Å²) >= 11 is 0. The zero-order valence-corrected chi connectivity index (χ0v) is 17.0. The Bertz CT molecular complexity index is 1070. The summed E-state index contributed by atoms with van der Waals surface area (Å²) in [7, 11) is -2.32. The number of benzene rings is 2. The third-order valence-corrected chi connectivity index (χ3v) is 5.67. The number of hydrogen-bond donors (Lipinski definition) is 3. The minimum absolute atomic E-state index is 0.0601. The van der Waals surface area contributed by atoms with E-state index in [4.69, 9.17) is 9.98 Å². The number of sulfonamides is 1. The maximum atomic E-state index is 13.8. The minimum Gasteiger partial charge on any atom is -0.359 e. The number of nitrogens with two attached hydrogens (primary N) is 1. The summed E-state index contributed by atoms with van der Waals surface area (Å²) in [5.41, 5.74) is 1.74. The van der Waals surface area contributed by atoms with E-state index >= 15 is 0 Å². The molecule has 0 radical (unpaired) electrons. The number of hydroxylamine groups is 2. The smallest absolute Gasteiger partial charge is 0.238 e. The molecule has 1 heterocycles. The van der Waals surface area contributed by atoms with Gasteiger partial charge in [-0.1, -0.05) is 24.3 Å². The van der Waals surface area contributed by atoms with Crippen LogP contribution in [-0.4, -0.2) is 37.9 Å². The summed E-state index contributed by atoms with van der Waals surface area (Å²) in [4.78, 5) is 17.0. The van der Waals surface area contributed by atoms with E-state index in [0.717, 1.165) is 0 Å². The van der Waals surface area contributed by atoms with Crippen molar-refractivity contribution in [2.45, 2.75) is 30.3 Å². The van der Waals surface area contributed by atoms with Gasteiger partial charge >= 0.3 is 0 Å². The Labute approximate surface area is 173 Å². The van der Waals surface area contributed by atoms with E-state index in [2.05, 4.69) is 5.32 Å². The molecule has 3 rings (SSSR count). The van der Waals surface area contributed by atoms with Gasteiger partial charge in [-0.15, -0.1) is 5.23 Å². The molecule has 1 aliphatic rings. The van der Waals surface area contributed by atoms with E-state index in [0.29, 0.717) is 34.8 Å². The summed E-state index contributed by atoms with van der Waals surface area (Å²) in [5, 5.41) is 18.7. The Kier molecular flexibility index (Phi) is 6.52. The molecule has 1 aliphatic heterocycles. The number of carbonyl (C=O) groups excluding carboxylic acids is 1. The van der Waals surface area contributed by atoms with Crippen LogP contribution in [0.3, 0.4) is 0 Å². The Morgan fingerprint density at radius 3 is 2.53 bits per heavy atom. The standard InChI is InChI=1S/C20H22FN3O5S/c1-23-18(25)7-3-6-17-19(13-8-10-16(11-9-13)30(22,27)28)20(24(26)29-17)14-4-2-5-15(21)12-14/h2,4-5,8-12,17,26H,3,6-7H2,1H3,(H,23,25)(H2,22,27,28). The molecular formula is C20H22FN3O5S. The van der Waals surface area contributed by atoms with Crippen molar-refractivity contribution < 1.29 is 27.6 Å². The van der Waals surface area contributed by atoms with Crippen LogP contribution in [-0.2, 0) is 19.7 Å². The molecule has 30 heavy (non-hydrogen) atoms. The van der Waals surface area contributed by atoms with Gasteiger partial charge in [-0.25, -0.2) is 22.8 Å². The average molecular weight is 435 g/mol. The van der Waals surface area contributed by atoms with E-state index in [1.54, 1.807) is 25.2 Å². The second kappa shape index (κ2) is 8.92. The van der Waals surface area contributed by atoms with Gasteiger partial charge in [-0.05, 0) is 42.7 Å². The van der Waals surface area contributed by atoms with Gasteiger partial charge in [0.15, 0.2) is 0 Å². The molecule has 8 nitrogen and oxygen atoms in total. The number of nitrogens with zero attached hydrogens (tertiary/aromatic N) is 1. The van der Waals surface area contributed by atoms with Crippen LogP contribution in [0.2, 0.25) is 0 Å². The number of hydrogen-bond acceptors (Lipinski definition) is 6. The molecule has 0 aliphatic carbocycles. The van der Waals surface area contributed by atoms with Gasteiger partial charge in [-0.3, -0.25) is 10.0 Å². The lowest BCUT2D eigenvalue weighted by atomic mass is 9.93. The van der Waals surface area contributed by atoms with E-state index in [-0.39, 0.29) is 22.9 Å². The summed E-state index contributed by atoms with van der Waals surface area (Å²) in [6.07, 6.45) is 0.524. The van der Waals surface area contributed by atoms with Crippen molar-refractivity contribution in [3.63, 3.8) is 0 Å². The lowest BCUT2D eigenvalue weighted by Gasteiger charge is -2.14. The molecule has 1 unspecified atom stereocenters. The molecule has 0 saturated heterocycles. The van der Waals surface area contributed by atoms with Crippen molar-refractivity contribution in [3.05, 3.63) is 65.5 Å². The van der Waals surface area contributed by atoms with Crippen LogP contribution in [0.15, 0.2) is 53.4 Å². The molecule has 0 fully saturated rings. The topological polar surface area (TPSA) is 122 Å². The summed E-state index contributed by atoms with van der Waals surface area (Å²) < 4.78 is 36.9. The van der Waals surface area contributed by atoms with E-state index < -0.39 is 21.9 Å². The van der Waals surface area contributed by atoms with Gasteiger partial charge in [0, 0.05) is 24.6 Å². The Balaban J connectivity index is 2.03. The Hall–Kier alpha value is -2.79. The maximum absolute atomic E-state index is 13.8. The first-order valence-corrected chi connectivity index (χ1v) is 10.7. The first-order valence-electron chi connectivity index (χ1n) is 9.20. The van der Waals surface area contributed by atoms with E-state index in [1.807, 2.05) is 0 Å². The molecule has 10 heteroatoms. The predicted octanol–water partition coefficient (Wildman–Crippen LogP) is 2.26. The largest absolute Gasteiger partial charge is 0.359 e. The van der Waals surface area contributed by atoms with E-state index in [9.17, 15) is 22.8 Å². The highest BCUT2D eigenvalue weighted by Gasteiger charge is 2.34. The first-order chi connectivity index (χ1) is 14.2. The van der Waals surface area contributed by atoms with Crippen molar-refractivity contribution in [2.24, 2.45) is 5.14 Å². The van der Waals surface area contributed by atoms with Crippen molar-refractivity contribution in [3.8, 4) is 0 Å². The molecule has 0 aromatic heterocycles. The minimum atomic E-state index is -3.87. The fraction of sp³-hybridized carbons (Fsp3) is 0.250. The second-order valence-corrected chi connectivity index (χ2v) is 8.34. The quantitative estimate of drug-likeness (QED) is 0.613. The number of halogens is 1. The second-order valence-electron chi connectivity index (χ2n) is 6.77. The van der Waals surface area contributed by atoms with Gasteiger partial charge < -0.3 is 5.32 Å². The Morgan fingerprint density at radius 1 is 1.23 bits per heavy atom. The predicted molar refractivity (Wildman–Crippen MR) is 107 cm³/mol. The molecule has 1 atom stereocenters. The van der Waals surface area contributed by atoms with Crippen LogP contribution in [0, 0.1) is 5.82 Å². The third-order valence-electron chi connectivity index (χ3n) is 4.74. The molecule has 0 spiro atoms. The highest BCUT2D eigenvalue weighted by atomic mass is 32.2. The van der Waals surface area contributed by atoms with E-state index in [1.165, 1.54) is 30.3 Å². The van der Waals surface area contributed by atoms with Crippen LogP contribution < -0.4 is 10.5 Å². The van der Waals surface area contributed by atoms with Gasteiger partial charge in [-0.2, -0.15) is 0 Å². The molecule has 1 amide bonds. The SMILES string of the molecule is CNC(=O)CCCC1ON(O)C(c2cccc(F)c2)=C1c1ccc(S(N)(=O)=O)cc1. The van der Waals surface area contributed by atoms with Crippen LogP contribution in [0.4, 0.5) is 4.39 Å². The van der Waals surface area contributed by atoms with Gasteiger partial charge in [0.05, 0.1) is 4.90 Å². The van der Waals surface area contributed by atoms with Crippen LogP contribution in [0.25, 0.3) is 11.3 Å². The molecule has 160 valence electrons. The first kappa shape index (κ1) is 21.9. The van der Waals surface area contributed by atoms with Gasteiger partial charge in [0.1, 0.15) is 17.6 Å². The molecule has 2 aromatic rings. The zero-order chi connectivity index (χ0) is 21.9. The van der Waals surface area contributed by atoms with Crippen LogP contribution >= 0.6 is 0 Å². The summed E-state index contributed by atoms with van der Waals surface area (Å²) in [5.74, 6) is -0.609. The zero-order valence-electron chi connectivity index (χ0n) is 16.2. The molecular weight excluding hydrogens is 413 g/mol. The monoisotopic (exact) mass is 435 g/mol. The molecule has 0 bridgehead atoms. The van der Waals surface area contributed by atoms with Crippen LogP contribution in [0.1, 0.15) is 30.4 Å². The number of carbonyl (C=O) groups is 1. The number of amides is 1. The van der Waals surface area contributed by atoms with Gasteiger partial charge in [0.25, 0.3) is 0 Å². The number of rotatable bonds is 7. The molecule has 4 N–H and O–H groups in total. The molecule has 0 saturated carbocycles. The Morgan fingerprint density at radius 2 is 1.93 bits per heavy atom. The maximum Gasteiger partial charge on any atom is 0.238 e. The van der Waals surface area contributed by atoms with Crippen LogP contribution in [0.5, 0.6) is 0 Å². The van der Waals surface area contributed by atoms with Crippen molar-refractivity contribution in [1.82, 2.24) is 10.5 Å². The van der Waals surface area contributed by atoms with Crippen molar-refractivity contribution >= 4 is 27.2 Å². The number of primary sulfonamides is 1. The molecule has 2 aromatic carbocycles. The summed E-state index contributed by atoms with van der Waals surface area (Å²) in [6, 6.07) is 11.5. The normalized spacial score (nSPS) is 16.8. The lowest BCUT2D eigenvalue weighted by molar-refractivity contribution is -0.297. The average Bonchev–Trinajstić information content (AvgIpc) is 3.03. The number of nitrogens with one attached hydrogen (secondary N) is 1. The highest BCUT2D eigenvalue weighted by molar-refractivity contribution is 7.89. The van der Waals surface area contributed by atoms with Crippen molar-refractivity contribution in [1.29, 1.82) is 0 Å². The third kappa shape index (κ3) is 4.85.